The number of nitrogens with two attached hydrogens (primary N) is 1. The average Bonchev–Trinajstić information content (AvgIpc) is 3.06. The molecule has 0 unspecified atom stereocenters. The fraction of sp³-hybridized carbons (Fsp3) is 0.189. The number of rotatable bonds is 12. The molecule has 0 saturated carbocycles. The second kappa shape index (κ2) is 14.7. The van der Waals surface area contributed by atoms with E-state index >= 15 is 0 Å². The molecular weight excluding hydrogens is 608 g/mol. The number of ether oxygens (including phenoxy) is 2. The van der Waals surface area contributed by atoms with Gasteiger partial charge in [0, 0.05) is 67.4 Å². The Morgan fingerprint density at radius 2 is 1.73 bits per heavy atom. The average molecular weight is 647 g/mol. The minimum atomic E-state index is -1.16. The van der Waals surface area contributed by atoms with E-state index in [4.69, 9.17) is 15.2 Å². The van der Waals surface area contributed by atoms with Crippen LogP contribution in [0, 0.1) is 0 Å². The number of hydrogen-bond donors (Lipinski definition) is 3. The third kappa shape index (κ3) is 7.88. The van der Waals surface area contributed by atoms with Crippen LogP contribution in [0.15, 0.2) is 103 Å². The quantitative estimate of drug-likeness (QED) is 0.189. The zero-order valence-electron chi connectivity index (χ0n) is 27.4. The summed E-state index contributed by atoms with van der Waals surface area (Å²) in [7, 11) is 7.78. The van der Waals surface area contributed by atoms with E-state index in [1.807, 2.05) is 92.6 Å². The number of nitrogens with zero attached hydrogens (tertiary/aromatic N) is 4. The molecule has 11 nitrogen and oxygen atoms in total. The van der Waals surface area contributed by atoms with Crippen LogP contribution < -0.4 is 25.4 Å². The topological polar surface area (TPSA) is 143 Å². The number of benzene rings is 3. The molecule has 3 aromatic carbocycles. The normalized spacial score (nSPS) is 12.6. The summed E-state index contributed by atoms with van der Waals surface area (Å²) in [6.45, 7) is 5.32. The number of anilines is 2. The van der Waals surface area contributed by atoms with Gasteiger partial charge in [-0.25, -0.2) is 9.78 Å². The Hall–Kier alpha value is -5.94. The number of aromatic carboxylic acids is 1. The lowest BCUT2D eigenvalue weighted by molar-refractivity contribution is 0.0696. The summed E-state index contributed by atoms with van der Waals surface area (Å²) in [5.74, 6) is -0.266. The molecule has 0 saturated heterocycles. The number of carboxylic acid groups (broad SMARTS) is 1. The molecule has 1 aliphatic heterocycles. The summed E-state index contributed by atoms with van der Waals surface area (Å²) >= 11 is 0. The molecule has 11 heteroatoms. The number of fused-ring (bicyclic) bond motifs is 1. The Labute approximate surface area is 279 Å². The lowest BCUT2D eigenvalue weighted by Gasteiger charge is -2.27. The molecule has 4 aromatic rings. The number of amides is 1. The molecule has 0 fully saturated rings. The minimum Gasteiger partial charge on any atom is -0.478 e. The fourth-order valence-corrected chi connectivity index (χ4v) is 5.09. The van der Waals surface area contributed by atoms with Crippen LogP contribution in [0.1, 0.15) is 43.0 Å². The van der Waals surface area contributed by atoms with Crippen molar-refractivity contribution < 1.29 is 24.2 Å². The molecule has 0 atom stereocenters. The van der Waals surface area contributed by atoms with E-state index in [1.54, 1.807) is 18.2 Å². The zero-order chi connectivity index (χ0) is 34.4. The second-order valence-electron chi connectivity index (χ2n) is 11.7. The molecular formula is C37H38N6O5. The second-order valence-corrected chi connectivity index (χ2v) is 11.7. The third-order valence-corrected chi connectivity index (χ3v) is 7.59. The Kier molecular flexibility index (Phi) is 10.2. The minimum absolute atomic E-state index is 0.0120. The first-order chi connectivity index (χ1) is 23.0. The Morgan fingerprint density at radius 3 is 2.42 bits per heavy atom. The van der Waals surface area contributed by atoms with Crippen LogP contribution in [0.3, 0.4) is 0 Å². The molecule has 1 aromatic heterocycles. The first-order valence-corrected chi connectivity index (χ1v) is 15.2. The van der Waals surface area contributed by atoms with E-state index in [1.165, 1.54) is 12.3 Å². The van der Waals surface area contributed by atoms with Crippen LogP contribution in [0.4, 0.5) is 11.5 Å². The van der Waals surface area contributed by atoms with Crippen LogP contribution in [-0.2, 0) is 13.2 Å². The predicted octanol–water partition coefficient (Wildman–Crippen LogP) is 5.16. The van der Waals surface area contributed by atoms with Gasteiger partial charge in [0.2, 0.25) is 0 Å². The van der Waals surface area contributed by atoms with Gasteiger partial charge in [0.05, 0.1) is 5.56 Å². The van der Waals surface area contributed by atoms with Gasteiger partial charge in [-0.2, -0.15) is 4.98 Å². The van der Waals surface area contributed by atoms with Crippen LogP contribution in [0.5, 0.6) is 11.8 Å². The standard InChI is InChI=1S/C37H38N6O5/c1-23-28(7-6-18-42(2)3)34(30-15-13-27(43(4)5)20-32(30)48-23)29-14-12-26(19-31(29)36(45)46)35(44)40-21-24-8-10-25(11-9-24)22-47-37-39-17-16-33(38)41-37/h6-17,19-20H,1,18,21-22H2,2-5H3,(H,40,44)(H,45,46)(H2,38,39,41)/b7-6-. The van der Waals surface area contributed by atoms with Crippen LogP contribution >= 0.6 is 0 Å². The van der Waals surface area contributed by atoms with Crippen molar-refractivity contribution in [3.8, 4) is 11.8 Å². The highest BCUT2D eigenvalue weighted by atomic mass is 16.5. The van der Waals surface area contributed by atoms with E-state index in [0.29, 0.717) is 40.6 Å². The van der Waals surface area contributed by atoms with Crippen molar-refractivity contribution in [2.24, 2.45) is 0 Å². The molecule has 4 N–H and O–H groups in total. The highest BCUT2D eigenvalue weighted by Crippen LogP contribution is 2.44. The number of hydrogen-bond acceptors (Lipinski definition) is 9. The SMILES string of the molecule is C=C1Oc2cc(N(C)C)ccc2C(c2ccc(C(=O)NCc3ccc(COc4nccc(N)n4)cc3)cc2C(=O)O)=C1/C=C\CN(C)C. The number of carbonyl (C=O) groups excluding carboxylic acids is 1. The van der Waals surface area contributed by atoms with Gasteiger partial charge in [-0.3, -0.25) is 4.79 Å². The predicted molar refractivity (Wildman–Crippen MR) is 186 cm³/mol. The van der Waals surface area contributed by atoms with E-state index in [0.717, 1.165) is 22.4 Å². The number of carboxylic acids is 1. The van der Waals surface area contributed by atoms with Gasteiger partial charge in [-0.15, -0.1) is 0 Å². The molecule has 1 amide bonds. The molecule has 2 heterocycles. The molecule has 0 aliphatic carbocycles. The fourth-order valence-electron chi connectivity index (χ4n) is 5.09. The van der Waals surface area contributed by atoms with E-state index in [9.17, 15) is 14.7 Å². The molecule has 0 radical (unpaired) electrons. The largest absolute Gasteiger partial charge is 0.478 e. The van der Waals surface area contributed by atoms with E-state index < -0.39 is 11.9 Å². The van der Waals surface area contributed by atoms with Gasteiger partial charge in [0.15, 0.2) is 0 Å². The molecule has 48 heavy (non-hydrogen) atoms. The van der Waals surface area contributed by atoms with Crippen molar-refractivity contribution >= 4 is 29.0 Å². The van der Waals surface area contributed by atoms with Gasteiger partial charge >= 0.3 is 12.0 Å². The van der Waals surface area contributed by atoms with Gasteiger partial charge in [0.1, 0.15) is 23.9 Å². The summed E-state index contributed by atoms with van der Waals surface area (Å²) in [5.41, 5.74) is 11.1. The van der Waals surface area contributed by atoms with Gasteiger partial charge in [0.25, 0.3) is 5.91 Å². The van der Waals surface area contributed by atoms with Crippen molar-refractivity contribution in [3.63, 3.8) is 0 Å². The third-order valence-electron chi connectivity index (χ3n) is 7.59. The van der Waals surface area contributed by atoms with Crippen LogP contribution in [0.2, 0.25) is 0 Å². The van der Waals surface area contributed by atoms with Crippen molar-refractivity contribution in [2.75, 3.05) is 45.4 Å². The maximum absolute atomic E-state index is 13.2. The van der Waals surface area contributed by atoms with E-state index in [2.05, 4.69) is 21.9 Å². The summed E-state index contributed by atoms with van der Waals surface area (Å²) in [6, 6.07) is 19.8. The summed E-state index contributed by atoms with van der Waals surface area (Å²) in [5, 5.41) is 13.3. The zero-order valence-corrected chi connectivity index (χ0v) is 27.4. The number of allylic oxidation sites excluding steroid dienone is 1. The van der Waals surface area contributed by atoms with Crippen molar-refractivity contribution in [1.29, 1.82) is 0 Å². The van der Waals surface area contributed by atoms with Gasteiger partial charge in [-0.1, -0.05) is 49.1 Å². The van der Waals surface area contributed by atoms with E-state index in [-0.39, 0.29) is 30.3 Å². The summed E-state index contributed by atoms with van der Waals surface area (Å²) < 4.78 is 11.7. The maximum Gasteiger partial charge on any atom is 0.336 e. The van der Waals surface area contributed by atoms with Gasteiger partial charge in [-0.05, 0) is 61.1 Å². The first-order valence-electron chi connectivity index (χ1n) is 15.2. The van der Waals surface area contributed by atoms with Crippen LogP contribution in [0.25, 0.3) is 5.57 Å². The lowest BCUT2D eigenvalue weighted by atomic mass is 9.86. The summed E-state index contributed by atoms with van der Waals surface area (Å²) in [6.07, 6.45) is 5.39. The Balaban J connectivity index is 1.39. The first kappa shape index (κ1) is 33.4. The van der Waals surface area contributed by atoms with Gasteiger partial charge < -0.3 is 35.4 Å². The summed E-state index contributed by atoms with van der Waals surface area (Å²) in [4.78, 5) is 37.9. The maximum atomic E-state index is 13.2. The molecule has 0 spiro atoms. The molecule has 1 aliphatic rings. The van der Waals surface area contributed by atoms with Crippen molar-refractivity contribution in [1.82, 2.24) is 20.2 Å². The number of aromatic nitrogens is 2. The smallest absolute Gasteiger partial charge is 0.336 e. The monoisotopic (exact) mass is 646 g/mol. The molecule has 0 bridgehead atoms. The van der Waals surface area contributed by atoms with Crippen molar-refractivity contribution in [2.45, 2.75) is 13.2 Å². The molecule has 5 rings (SSSR count). The lowest BCUT2D eigenvalue weighted by Crippen LogP contribution is -2.23. The Morgan fingerprint density at radius 1 is 1.00 bits per heavy atom. The number of nitrogen functional groups attached to an aromatic ring is 1. The molecule has 246 valence electrons. The Bertz CT molecular complexity index is 1910. The number of likely N-dealkylation sites (N-methyl/N-ethyl adjacent to an activating group) is 1. The van der Waals surface area contributed by atoms with Crippen LogP contribution in [-0.4, -0.2) is 66.6 Å². The van der Waals surface area contributed by atoms with Crippen molar-refractivity contribution in [3.05, 3.63) is 136 Å². The highest BCUT2D eigenvalue weighted by molar-refractivity contribution is 6.03. The highest BCUT2D eigenvalue weighted by Gasteiger charge is 2.28. The number of carbonyl (C=O) groups is 2. The number of nitrogens with one attached hydrogen (secondary N) is 1.